The van der Waals surface area contributed by atoms with Gasteiger partial charge in [-0.1, -0.05) is 0 Å². The predicted octanol–water partition coefficient (Wildman–Crippen LogP) is -8.50. The minimum Gasteiger partial charge on any atom is -0.861 e. The number of hydrogen-bond acceptors (Lipinski definition) is 3. The van der Waals surface area contributed by atoms with E-state index >= 15 is 0 Å². The Bertz CT molecular complexity index is 63.4. The van der Waals surface area contributed by atoms with Gasteiger partial charge in [-0.25, -0.2) is 0 Å². The van der Waals surface area contributed by atoms with Gasteiger partial charge >= 0.3 is 56.6 Å². The van der Waals surface area contributed by atoms with Crippen LogP contribution in [0.2, 0.25) is 0 Å². The van der Waals surface area contributed by atoms with Gasteiger partial charge in [0.1, 0.15) is 0 Å². The van der Waals surface area contributed by atoms with E-state index < -0.39 is 10.8 Å². The van der Waals surface area contributed by atoms with Crippen molar-refractivity contribution in [1.29, 1.82) is 0 Å². The van der Waals surface area contributed by atoms with Gasteiger partial charge in [-0.3, -0.25) is 0 Å². The normalized spacial score (nSPS) is 5.40. The van der Waals surface area contributed by atoms with Crippen LogP contribution in [-0.2, 0) is 0 Å². The third kappa shape index (κ3) is 198. The zero-order valence-corrected chi connectivity index (χ0v) is 19.5. The molecule has 3 nitrogen and oxygen atoms in total. The van der Waals surface area contributed by atoms with Crippen molar-refractivity contribution in [3.8, 4) is 0 Å². The van der Waals surface area contributed by atoms with Crippen molar-refractivity contribution in [2.45, 2.75) is 0 Å². The minimum atomic E-state index is -0.634. The van der Waals surface area contributed by atoms with Crippen molar-refractivity contribution in [1.82, 2.24) is 0 Å². The molecule has 15 heteroatoms. The van der Waals surface area contributed by atoms with Crippen LogP contribution < -0.4 is 71.7 Å². The Hall–Kier alpha value is 5.50. The largest absolute Gasteiger partial charge is 1.00 e. The van der Waals surface area contributed by atoms with Crippen LogP contribution in [0.3, 0.4) is 0 Å². The molecule has 0 fully saturated rings. The first-order chi connectivity index (χ1) is 5.20. The standard InChI is InChI=1S/3BBrIO.3Li/c3*2-1(3)4;;;/q3*-1;3*+1. The van der Waals surface area contributed by atoms with Crippen LogP contribution in [0.15, 0.2) is 0 Å². The third-order valence-electron chi connectivity index (χ3n) is 0. The molecule has 0 saturated carbocycles. The quantitative estimate of drug-likeness (QED) is 0.185. The third-order valence-corrected chi connectivity index (χ3v) is 0. The smallest absolute Gasteiger partial charge is 0.861 e. The SMILES string of the molecule is [Li+].[Li+].[Li+].[O-]B(Br)I.[O-]B(Br)I.[O-]B(Br)I. The molecule has 0 aliphatic heterocycles. The zero-order chi connectivity index (χ0) is 10.7. The first-order valence-electron chi connectivity index (χ1n) is 2.02. The van der Waals surface area contributed by atoms with Gasteiger partial charge in [-0.15, -0.1) is 0 Å². The molecule has 0 atom stereocenters. The molecule has 0 heterocycles. The fourth-order valence-corrected chi connectivity index (χ4v) is 0. The maximum atomic E-state index is 9.43. The molecule has 0 amide bonds. The van der Waals surface area contributed by atoms with Crippen molar-refractivity contribution in [3.05, 3.63) is 0 Å². The van der Waals surface area contributed by atoms with Crippen molar-refractivity contribution < 1.29 is 71.7 Å². The fourth-order valence-electron chi connectivity index (χ4n) is 0. The summed E-state index contributed by atoms with van der Waals surface area (Å²) in [4.78, 5) is 0. The van der Waals surface area contributed by atoms with E-state index in [1.807, 2.05) is 0 Å². The summed E-state index contributed by atoms with van der Waals surface area (Å²) in [6, 6.07) is 0. The molecule has 0 radical (unpaired) electrons. The molecule has 72 valence electrons. The van der Waals surface area contributed by atoms with Crippen LogP contribution in [-0.4, -0.2) is 10.8 Å². The molecule has 15 heavy (non-hydrogen) atoms. The van der Waals surface area contributed by atoms with Crippen LogP contribution in [0.1, 0.15) is 0 Å². The first-order valence-corrected chi connectivity index (χ1v) is 8.50. The fraction of sp³-hybridized carbons (Fsp3) is 0. The summed E-state index contributed by atoms with van der Waals surface area (Å²) in [5.41, 5.74) is 0. The average molecular weight is 722 g/mol. The Balaban J connectivity index is -0.0000000184. The molecule has 0 spiro atoms. The number of halogens is 6. The second kappa shape index (κ2) is 31.7. The maximum absolute atomic E-state index is 9.43. The van der Waals surface area contributed by atoms with E-state index in [2.05, 4.69) is 47.3 Å². The van der Waals surface area contributed by atoms with E-state index in [0.29, 0.717) is 0 Å². The summed E-state index contributed by atoms with van der Waals surface area (Å²) < 4.78 is -1.90. The Morgan fingerprint density at radius 1 is 0.600 bits per heavy atom. The van der Waals surface area contributed by atoms with Gasteiger partial charge in [0.2, 0.25) is 0 Å². The van der Waals surface area contributed by atoms with Gasteiger partial charge < -0.3 is 15.1 Å². The van der Waals surface area contributed by atoms with Crippen LogP contribution >= 0.6 is 114 Å². The summed E-state index contributed by atoms with van der Waals surface area (Å²) in [6.45, 7) is 0. The summed E-state index contributed by atoms with van der Waals surface area (Å²) in [5, 5.41) is 28.3. The van der Waals surface area contributed by atoms with E-state index in [0.717, 1.165) is 0 Å². The van der Waals surface area contributed by atoms with Gasteiger partial charge in [0.25, 0.3) is 0 Å². The van der Waals surface area contributed by atoms with E-state index in [-0.39, 0.29) is 56.6 Å². The van der Waals surface area contributed by atoms with Crippen LogP contribution in [0.5, 0.6) is 0 Å². The molecule has 0 N–H and O–H groups in total. The molecular weight excluding hydrogens is 722 g/mol. The van der Waals surface area contributed by atoms with Gasteiger partial charge in [0.05, 0.1) is 0 Å². The summed E-state index contributed by atoms with van der Waals surface area (Å²) >= 11 is 13.2. The van der Waals surface area contributed by atoms with Crippen molar-refractivity contribution >= 4 is 125 Å². The van der Waals surface area contributed by atoms with Gasteiger partial charge in [-0.05, 0) is 0 Å². The Morgan fingerprint density at radius 2 is 0.600 bits per heavy atom. The topological polar surface area (TPSA) is 69.2 Å². The molecule has 0 aromatic heterocycles. The van der Waals surface area contributed by atoms with E-state index in [4.69, 9.17) is 0 Å². The Kier molecular flexibility index (Phi) is 78.4. The van der Waals surface area contributed by atoms with Crippen LogP contribution in [0, 0.1) is 0 Å². The molecule has 0 saturated heterocycles. The van der Waals surface area contributed by atoms with Crippen molar-refractivity contribution in [3.63, 3.8) is 0 Å². The molecule has 0 aromatic carbocycles. The van der Waals surface area contributed by atoms with E-state index in [9.17, 15) is 15.1 Å². The molecule has 0 bridgehead atoms. The minimum absolute atomic E-state index is 0. The second-order valence-corrected chi connectivity index (χ2v) is 11.8. The molecule has 0 aromatic rings. The molecular formula is B3Br3I3Li3O3. The van der Waals surface area contributed by atoms with Crippen LogP contribution in [0.4, 0.5) is 0 Å². The number of rotatable bonds is 0. The van der Waals surface area contributed by atoms with Crippen molar-refractivity contribution in [2.75, 3.05) is 0 Å². The predicted molar refractivity (Wildman–Crippen MR) is 86.1 cm³/mol. The Morgan fingerprint density at radius 3 is 0.600 bits per heavy atom. The molecule has 0 aliphatic carbocycles. The zero-order valence-electron chi connectivity index (χ0n) is 8.22. The summed E-state index contributed by atoms with van der Waals surface area (Å²) in [7, 11) is 0. The average Bonchev–Trinajstić information content (AvgIpc) is 1.54. The van der Waals surface area contributed by atoms with Gasteiger partial charge in [-0.2, -0.15) is 114 Å². The van der Waals surface area contributed by atoms with Crippen LogP contribution in [0.25, 0.3) is 0 Å². The van der Waals surface area contributed by atoms with Gasteiger partial charge in [0, 0.05) is 0 Å². The summed E-state index contributed by atoms with van der Waals surface area (Å²) in [5.74, 6) is 0. The first kappa shape index (κ1) is 37.1. The maximum Gasteiger partial charge on any atom is 1.00 e. The van der Waals surface area contributed by atoms with Crippen molar-refractivity contribution in [2.24, 2.45) is 0 Å². The molecule has 0 aliphatic rings. The number of hydrogen-bond donors (Lipinski definition) is 0. The monoisotopic (exact) mass is 720 g/mol. The Labute approximate surface area is 192 Å². The summed E-state index contributed by atoms with van der Waals surface area (Å²) in [6.07, 6.45) is 0. The van der Waals surface area contributed by atoms with E-state index in [1.54, 1.807) is 67.1 Å². The second-order valence-electron chi connectivity index (χ2n) is 0.782. The van der Waals surface area contributed by atoms with Gasteiger partial charge in [0.15, 0.2) is 10.8 Å². The molecule has 0 unspecified atom stereocenters. The van der Waals surface area contributed by atoms with E-state index in [1.165, 1.54) is 0 Å². The molecule has 0 rings (SSSR count).